The first-order chi connectivity index (χ1) is 10.6. The molecule has 1 atom stereocenters. The third-order valence-corrected chi connectivity index (χ3v) is 6.68. The largest absolute Gasteiger partial charge is 0.325 e. The van der Waals surface area contributed by atoms with E-state index in [2.05, 4.69) is 5.32 Å². The van der Waals surface area contributed by atoms with Crippen LogP contribution >= 0.6 is 11.8 Å². The summed E-state index contributed by atoms with van der Waals surface area (Å²) in [5, 5.41) is 2.75. The van der Waals surface area contributed by atoms with E-state index in [4.69, 9.17) is 5.73 Å². The minimum absolute atomic E-state index is 0.0568. The quantitative estimate of drug-likeness (QED) is 0.781. The summed E-state index contributed by atoms with van der Waals surface area (Å²) in [5.74, 6) is 0.506. The van der Waals surface area contributed by atoms with Gasteiger partial charge in [0, 0.05) is 5.69 Å². The average molecular weight is 359 g/mol. The van der Waals surface area contributed by atoms with Crippen LogP contribution in [0.2, 0.25) is 0 Å². The van der Waals surface area contributed by atoms with Crippen LogP contribution < -0.4 is 11.1 Å². The number of thioether (sulfide) groups is 1. The summed E-state index contributed by atoms with van der Waals surface area (Å²) in [7, 11) is -3.26. The summed E-state index contributed by atoms with van der Waals surface area (Å²) in [4.78, 5) is 12.0. The molecule has 0 saturated heterocycles. The number of rotatable bonds is 7. The van der Waals surface area contributed by atoms with Crippen LogP contribution in [0.1, 0.15) is 32.8 Å². The Balaban J connectivity index is 2.80. The van der Waals surface area contributed by atoms with Crippen molar-refractivity contribution in [3.63, 3.8) is 0 Å². The standard InChI is InChI=1S/C16H26N2O3S2/c1-16(2,3)23(20,21)11-12-6-5-7-13(10-12)18-15(19)14(17)8-9-22-4/h5-7,10,14H,8-9,11,17H2,1-4H3,(H,18,19)/t14-/m0/s1. The van der Waals surface area contributed by atoms with Gasteiger partial charge in [0.15, 0.2) is 9.84 Å². The number of sulfone groups is 1. The Morgan fingerprint density at radius 2 is 2.00 bits per heavy atom. The molecule has 1 rings (SSSR count). The summed E-state index contributed by atoms with van der Waals surface area (Å²) in [6, 6.07) is 6.32. The number of hydrogen-bond acceptors (Lipinski definition) is 5. The van der Waals surface area contributed by atoms with Gasteiger partial charge in [-0.3, -0.25) is 4.79 Å². The van der Waals surface area contributed by atoms with Crippen LogP contribution in [0.25, 0.3) is 0 Å². The number of nitrogens with one attached hydrogen (secondary N) is 1. The molecule has 0 aliphatic carbocycles. The van der Waals surface area contributed by atoms with Crippen LogP contribution in [0.4, 0.5) is 5.69 Å². The van der Waals surface area contributed by atoms with E-state index in [1.54, 1.807) is 56.8 Å². The number of carbonyl (C=O) groups is 1. The maximum atomic E-state index is 12.3. The van der Waals surface area contributed by atoms with Crippen LogP contribution in [-0.2, 0) is 20.4 Å². The van der Waals surface area contributed by atoms with Crippen molar-refractivity contribution in [2.45, 2.75) is 43.7 Å². The lowest BCUT2D eigenvalue weighted by atomic mass is 10.2. The molecular weight excluding hydrogens is 332 g/mol. The van der Waals surface area contributed by atoms with E-state index in [-0.39, 0.29) is 11.7 Å². The molecule has 0 radical (unpaired) electrons. The van der Waals surface area contributed by atoms with E-state index >= 15 is 0 Å². The van der Waals surface area contributed by atoms with Crippen molar-refractivity contribution in [3.05, 3.63) is 29.8 Å². The maximum Gasteiger partial charge on any atom is 0.241 e. The van der Waals surface area contributed by atoms with Crippen molar-refractivity contribution in [1.29, 1.82) is 0 Å². The Morgan fingerprint density at radius 1 is 1.35 bits per heavy atom. The minimum Gasteiger partial charge on any atom is -0.325 e. The van der Waals surface area contributed by atoms with Crippen LogP contribution in [0.5, 0.6) is 0 Å². The Hall–Kier alpha value is -1.05. The van der Waals surface area contributed by atoms with E-state index in [0.717, 1.165) is 5.75 Å². The number of anilines is 1. The molecule has 0 aliphatic rings. The molecule has 0 bridgehead atoms. The van der Waals surface area contributed by atoms with Gasteiger partial charge in [0.25, 0.3) is 0 Å². The zero-order valence-corrected chi connectivity index (χ0v) is 15.8. The highest BCUT2D eigenvalue weighted by Gasteiger charge is 2.29. The van der Waals surface area contributed by atoms with E-state index in [1.807, 2.05) is 6.26 Å². The minimum atomic E-state index is -3.26. The van der Waals surface area contributed by atoms with Gasteiger partial charge in [-0.25, -0.2) is 8.42 Å². The molecule has 0 heterocycles. The predicted molar refractivity (Wildman–Crippen MR) is 98.4 cm³/mol. The molecule has 23 heavy (non-hydrogen) atoms. The smallest absolute Gasteiger partial charge is 0.241 e. The second-order valence-electron chi connectivity index (χ2n) is 6.45. The predicted octanol–water partition coefficient (Wildman–Crippen LogP) is 2.42. The van der Waals surface area contributed by atoms with Gasteiger partial charge in [-0.2, -0.15) is 11.8 Å². The van der Waals surface area contributed by atoms with Crippen molar-refractivity contribution in [3.8, 4) is 0 Å². The third kappa shape index (κ3) is 6.16. The molecule has 7 heteroatoms. The van der Waals surface area contributed by atoms with Crippen molar-refractivity contribution >= 4 is 33.2 Å². The Bertz CT molecular complexity index is 637. The van der Waals surface area contributed by atoms with Gasteiger partial charge in [-0.1, -0.05) is 12.1 Å². The molecule has 1 aromatic carbocycles. The SMILES string of the molecule is CSCC[C@H](N)C(=O)Nc1cccc(CS(=O)(=O)C(C)(C)C)c1. The fourth-order valence-corrected chi connectivity index (χ4v) is 3.33. The van der Waals surface area contributed by atoms with E-state index in [9.17, 15) is 13.2 Å². The summed E-state index contributed by atoms with van der Waals surface area (Å²) in [6.07, 6.45) is 2.56. The first-order valence-electron chi connectivity index (χ1n) is 7.43. The van der Waals surface area contributed by atoms with Crippen molar-refractivity contribution in [1.82, 2.24) is 0 Å². The van der Waals surface area contributed by atoms with E-state index in [1.165, 1.54) is 0 Å². The van der Waals surface area contributed by atoms with Gasteiger partial charge in [-0.15, -0.1) is 0 Å². The number of carbonyl (C=O) groups excluding carboxylic acids is 1. The number of hydrogen-bond donors (Lipinski definition) is 2. The van der Waals surface area contributed by atoms with Gasteiger partial charge >= 0.3 is 0 Å². The molecule has 5 nitrogen and oxygen atoms in total. The first-order valence-corrected chi connectivity index (χ1v) is 10.5. The Kier molecular flexibility index (Phi) is 7.10. The molecule has 3 N–H and O–H groups in total. The Labute approximate surface area is 143 Å². The fourth-order valence-electron chi connectivity index (χ4n) is 1.79. The topological polar surface area (TPSA) is 89.3 Å². The highest BCUT2D eigenvalue weighted by Crippen LogP contribution is 2.22. The summed E-state index contributed by atoms with van der Waals surface area (Å²) in [6.45, 7) is 5.04. The average Bonchev–Trinajstić information content (AvgIpc) is 2.43. The van der Waals surface area contributed by atoms with Crippen molar-refractivity contribution in [2.24, 2.45) is 5.73 Å². The monoisotopic (exact) mass is 358 g/mol. The zero-order valence-electron chi connectivity index (χ0n) is 14.1. The lowest BCUT2D eigenvalue weighted by Gasteiger charge is -2.19. The number of amides is 1. The highest BCUT2D eigenvalue weighted by atomic mass is 32.2. The van der Waals surface area contributed by atoms with Gasteiger partial charge in [0.2, 0.25) is 5.91 Å². The molecule has 0 saturated carbocycles. The summed E-state index contributed by atoms with van der Waals surface area (Å²) >= 11 is 1.64. The van der Waals surface area contributed by atoms with Crippen LogP contribution in [0.3, 0.4) is 0 Å². The molecule has 0 aromatic heterocycles. The summed E-state index contributed by atoms with van der Waals surface area (Å²) < 4.78 is 23.7. The molecule has 0 unspecified atom stereocenters. The lowest BCUT2D eigenvalue weighted by Crippen LogP contribution is -2.36. The molecule has 1 amide bonds. The van der Waals surface area contributed by atoms with Crippen molar-refractivity contribution in [2.75, 3.05) is 17.3 Å². The van der Waals surface area contributed by atoms with E-state index < -0.39 is 20.6 Å². The molecule has 0 spiro atoms. The van der Waals surface area contributed by atoms with Gasteiger partial charge in [0.05, 0.1) is 16.5 Å². The maximum absolute atomic E-state index is 12.3. The van der Waals surface area contributed by atoms with Crippen LogP contribution in [0, 0.1) is 0 Å². The lowest BCUT2D eigenvalue weighted by molar-refractivity contribution is -0.117. The van der Waals surface area contributed by atoms with Gasteiger partial charge in [0.1, 0.15) is 0 Å². The molecule has 0 fully saturated rings. The normalized spacial score (nSPS) is 13.6. The highest BCUT2D eigenvalue weighted by molar-refractivity contribution is 7.98. The van der Waals surface area contributed by atoms with Crippen LogP contribution in [0.15, 0.2) is 24.3 Å². The summed E-state index contributed by atoms with van der Waals surface area (Å²) in [5.41, 5.74) is 7.04. The molecular formula is C16H26N2O3S2. The third-order valence-electron chi connectivity index (χ3n) is 3.45. The van der Waals surface area contributed by atoms with E-state index in [0.29, 0.717) is 17.7 Å². The van der Waals surface area contributed by atoms with Gasteiger partial charge < -0.3 is 11.1 Å². The second kappa shape index (κ2) is 8.17. The Morgan fingerprint density at radius 3 is 2.57 bits per heavy atom. The zero-order chi connectivity index (χ0) is 17.7. The second-order valence-corrected chi connectivity index (χ2v) is 10.2. The molecule has 0 aliphatic heterocycles. The van der Waals surface area contributed by atoms with Crippen molar-refractivity contribution < 1.29 is 13.2 Å². The fraction of sp³-hybridized carbons (Fsp3) is 0.562. The van der Waals surface area contributed by atoms with Crippen LogP contribution in [-0.4, -0.2) is 37.1 Å². The number of benzene rings is 1. The first kappa shape index (κ1) is 20.0. The molecule has 130 valence electrons. The van der Waals surface area contributed by atoms with Gasteiger partial charge in [-0.05, 0) is 56.9 Å². The molecule has 1 aromatic rings. The number of nitrogens with two attached hydrogens (primary N) is 1.